The summed E-state index contributed by atoms with van der Waals surface area (Å²) in [6, 6.07) is 59.8. The number of amides is 2. The summed E-state index contributed by atoms with van der Waals surface area (Å²) in [7, 11) is 0. The van der Waals surface area contributed by atoms with Crippen molar-refractivity contribution in [3.63, 3.8) is 0 Å². The number of oxime groups is 1. The SMILES string of the molecule is CC(=O)OCC1=C(C(=O)OC(C)(C)C)N2C(=O)[C@@H](NC(=O)/C(=N/OCc3csc(NC(c4ccccc4)(c4ccccc4)c4ccccc4)n3)c3csc(NC(c4ccccc4)(c4ccccc4)c4ccccc4)n3)[C@H]2SC1. The number of rotatable bonds is 19. The Balaban J connectivity index is 0.976. The highest BCUT2D eigenvalue weighted by atomic mass is 32.2. The molecule has 2 atom stereocenters. The molecule has 0 aliphatic carbocycles. The van der Waals surface area contributed by atoms with Gasteiger partial charge in [-0.15, -0.1) is 34.4 Å². The summed E-state index contributed by atoms with van der Waals surface area (Å²) < 4.78 is 11.0. The van der Waals surface area contributed by atoms with Gasteiger partial charge in [-0.2, -0.15) is 0 Å². The molecule has 1 fully saturated rings. The lowest BCUT2D eigenvalue weighted by Crippen LogP contribution is -2.71. The second-order valence-electron chi connectivity index (χ2n) is 19.4. The number of aromatic nitrogens is 2. The van der Waals surface area contributed by atoms with E-state index in [4.69, 9.17) is 24.3 Å². The quantitative estimate of drug-likeness (QED) is 0.0230. The molecule has 0 bridgehead atoms. The summed E-state index contributed by atoms with van der Waals surface area (Å²) in [5, 5.41) is 18.9. The van der Waals surface area contributed by atoms with Crippen LogP contribution in [0, 0.1) is 0 Å². The molecule has 2 aliphatic heterocycles. The topological polar surface area (TPSA) is 173 Å². The Morgan fingerprint density at radius 3 is 1.50 bits per heavy atom. The molecule has 3 N–H and O–H groups in total. The summed E-state index contributed by atoms with van der Waals surface area (Å²) in [5.74, 6) is -2.34. The van der Waals surface area contributed by atoms with Gasteiger partial charge < -0.3 is 30.3 Å². The molecule has 394 valence electrons. The van der Waals surface area contributed by atoms with Crippen LogP contribution in [0.4, 0.5) is 10.3 Å². The average molecular weight is 1090 g/mol. The van der Waals surface area contributed by atoms with Gasteiger partial charge in [-0.05, 0) is 54.2 Å². The maximum absolute atomic E-state index is 14.8. The summed E-state index contributed by atoms with van der Waals surface area (Å²) in [6.07, 6.45) is 0. The third-order valence-corrected chi connectivity index (χ3v) is 16.0. The largest absolute Gasteiger partial charge is 0.461 e. The van der Waals surface area contributed by atoms with Gasteiger partial charge in [0.15, 0.2) is 22.6 Å². The van der Waals surface area contributed by atoms with Crippen LogP contribution in [0.15, 0.2) is 209 Å². The first-order valence-corrected chi connectivity index (χ1v) is 28.0. The Labute approximate surface area is 464 Å². The van der Waals surface area contributed by atoms with Gasteiger partial charge in [-0.3, -0.25) is 19.3 Å². The molecule has 0 radical (unpaired) electrons. The molecule has 2 amide bonds. The lowest BCUT2D eigenvalue weighted by atomic mass is 9.77. The van der Waals surface area contributed by atoms with Crippen LogP contribution in [0.1, 0.15) is 72.5 Å². The molecule has 2 aliphatic rings. The number of ether oxygens (including phenoxy) is 2. The van der Waals surface area contributed by atoms with Crippen molar-refractivity contribution in [3.8, 4) is 0 Å². The molecule has 6 aromatic carbocycles. The number of anilines is 2. The van der Waals surface area contributed by atoms with E-state index >= 15 is 0 Å². The highest BCUT2D eigenvalue weighted by Gasteiger charge is 2.55. The summed E-state index contributed by atoms with van der Waals surface area (Å²) >= 11 is 4.01. The van der Waals surface area contributed by atoms with Crippen LogP contribution in [0.2, 0.25) is 0 Å². The summed E-state index contributed by atoms with van der Waals surface area (Å²) in [5.41, 5.74) is 4.19. The number of fused-ring (bicyclic) bond motifs is 1. The second kappa shape index (κ2) is 23.1. The normalized spacial score (nSPS) is 15.6. The van der Waals surface area contributed by atoms with Crippen LogP contribution in [-0.4, -0.2) is 73.7 Å². The third kappa shape index (κ3) is 11.1. The van der Waals surface area contributed by atoms with Crippen LogP contribution >= 0.6 is 34.4 Å². The van der Waals surface area contributed by atoms with E-state index in [-0.39, 0.29) is 36.1 Å². The van der Waals surface area contributed by atoms with Crippen molar-refractivity contribution in [1.82, 2.24) is 20.2 Å². The monoisotopic (exact) mass is 1090 g/mol. The molecular weight excluding hydrogens is 1040 g/mol. The maximum atomic E-state index is 14.8. The first-order valence-electron chi connectivity index (χ1n) is 25.2. The molecular formula is C61H55N7O7S3. The van der Waals surface area contributed by atoms with E-state index in [9.17, 15) is 19.2 Å². The fourth-order valence-corrected chi connectivity index (χ4v) is 12.5. The molecule has 78 heavy (non-hydrogen) atoms. The van der Waals surface area contributed by atoms with Crippen molar-refractivity contribution < 1.29 is 33.5 Å². The highest BCUT2D eigenvalue weighted by Crippen LogP contribution is 2.44. The van der Waals surface area contributed by atoms with Crippen molar-refractivity contribution in [2.45, 2.75) is 62.4 Å². The molecule has 14 nitrogen and oxygen atoms in total. The summed E-state index contributed by atoms with van der Waals surface area (Å²) in [6.45, 7) is 6.10. The van der Waals surface area contributed by atoms with Gasteiger partial charge in [-0.25, -0.2) is 14.8 Å². The van der Waals surface area contributed by atoms with E-state index < -0.39 is 51.8 Å². The number of esters is 2. The van der Waals surface area contributed by atoms with Crippen molar-refractivity contribution in [3.05, 3.63) is 249 Å². The summed E-state index contributed by atoms with van der Waals surface area (Å²) in [4.78, 5) is 72.0. The van der Waals surface area contributed by atoms with E-state index in [0.29, 0.717) is 21.5 Å². The number of carbonyl (C=O) groups is 4. The average Bonchev–Trinajstić information content (AvgIpc) is 4.14. The van der Waals surface area contributed by atoms with Crippen molar-refractivity contribution in [2.75, 3.05) is 23.0 Å². The number of hydrogen-bond acceptors (Lipinski definition) is 15. The molecule has 0 unspecified atom stereocenters. The van der Waals surface area contributed by atoms with Crippen molar-refractivity contribution in [2.24, 2.45) is 5.16 Å². The van der Waals surface area contributed by atoms with Gasteiger partial charge in [0.1, 0.15) is 46.1 Å². The number of nitrogens with one attached hydrogen (secondary N) is 3. The Bertz CT molecular complexity index is 3270. The zero-order chi connectivity index (χ0) is 54.3. The Kier molecular flexibility index (Phi) is 15.7. The number of carbonyl (C=O) groups excluding carboxylic acids is 4. The number of hydrogen-bond donors (Lipinski definition) is 3. The lowest BCUT2D eigenvalue weighted by Gasteiger charge is -2.49. The minimum Gasteiger partial charge on any atom is -0.461 e. The maximum Gasteiger partial charge on any atom is 0.355 e. The molecule has 10 rings (SSSR count). The molecule has 17 heteroatoms. The van der Waals surface area contributed by atoms with Crippen LogP contribution in [-0.2, 0) is 51.2 Å². The number of benzene rings is 6. The van der Waals surface area contributed by atoms with Crippen molar-refractivity contribution >= 4 is 74.2 Å². The van der Waals surface area contributed by atoms with Gasteiger partial charge in [0, 0.05) is 29.0 Å². The standard InChI is InChI=1S/C61H55N7O7S3/c1-40(69)73-35-41-37-76-55-51(54(71)68(55)52(41)56(72)75-59(2,3)4)64-53(70)50(49-39-78-58(63-49)66-61(45-29-17-8-18-30-45,46-31-19-9-20-32-46)47-33-21-10-22-34-47)67-74-36-48-38-77-57(62-48)65-60(42-23-11-5-12-24-42,43-25-13-6-14-26-43)44-27-15-7-16-28-44/h5-34,38-39,51,55H,35-37H2,1-4H3,(H,62,65)(H,63,66)(H,64,70)/b67-50+/t51-,55-/m1/s1. The van der Waals surface area contributed by atoms with E-state index in [2.05, 4.69) is 93.9 Å². The number of thioether (sulfide) groups is 1. The molecule has 8 aromatic rings. The fraction of sp³-hybridized carbons (Fsp3) is 0.197. The number of β-lactam (4-membered cyclic amide) rings is 1. The van der Waals surface area contributed by atoms with Gasteiger partial charge in [0.05, 0.1) is 5.69 Å². The Morgan fingerprint density at radius 1 is 0.628 bits per heavy atom. The van der Waals surface area contributed by atoms with Gasteiger partial charge in [-0.1, -0.05) is 187 Å². The van der Waals surface area contributed by atoms with E-state index in [1.165, 1.54) is 46.3 Å². The zero-order valence-electron chi connectivity index (χ0n) is 43.1. The molecule has 2 aromatic heterocycles. The number of thiazole rings is 2. The zero-order valence-corrected chi connectivity index (χ0v) is 45.6. The highest BCUT2D eigenvalue weighted by molar-refractivity contribution is 8.00. The smallest absolute Gasteiger partial charge is 0.355 e. The first kappa shape index (κ1) is 53.0. The lowest BCUT2D eigenvalue weighted by molar-refractivity contribution is -0.159. The van der Waals surface area contributed by atoms with Gasteiger partial charge in [0.25, 0.3) is 11.8 Å². The molecule has 4 heterocycles. The fourth-order valence-electron chi connectivity index (χ4n) is 9.63. The first-order chi connectivity index (χ1) is 37.8. The number of nitrogens with zero attached hydrogens (tertiary/aromatic N) is 4. The van der Waals surface area contributed by atoms with E-state index in [0.717, 1.165) is 33.4 Å². The predicted octanol–water partition coefficient (Wildman–Crippen LogP) is 10.9. The van der Waals surface area contributed by atoms with Crippen LogP contribution in [0.5, 0.6) is 0 Å². The van der Waals surface area contributed by atoms with Crippen LogP contribution < -0.4 is 16.0 Å². The van der Waals surface area contributed by atoms with Gasteiger partial charge >= 0.3 is 11.9 Å². The molecule has 1 saturated heterocycles. The predicted molar refractivity (Wildman–Crippen MR) is 306 cm³/mol. The third-order valence-electron chi connectivity index (χ3n) is 13.1. The minimum absolute atomic E-state index is 0.0118. The van der Waals surface area contributed by atoms with E-state index in [1.54, 1.807) is 26.2 Å². The Hall–Kier alpha value is -8.38. The molecule has 0 spiro atoms. The second-order valence-corrected chi connectivity index (χ2v) is 22.3. The van der Waals surface area contributed by atoms with E-state index in [1.807, 2.05) is 115 Å². The minimum atomic E-state index is -1.08. The Morgan fingerprint density at radius 2 is 1.06 bits per heavy atom. The van der Waals surface area contributed by atoms with Crippen LogP contribution in [0.3, 0.4) is 0 Å². The molecule has 0 saturated carbocycles. The van der Waals surface area contributed by atoms with Gasteiger partial charge in [0.2, 0.25) is 0 Å². The van der Waals surface area contributed by atoms with Crippen LogP contribution in [0.25, 0.3) is 0 Å². The van der Waals surface area contributed by atoms with Crippen molar-refractivity contribution in [1.29, 1.82) is 0 Å².